The Morgan fingerprint density at radius 2 is 2.00 bits per heavy atom. The molecule has 0 bridgehead atoms. The monoisotopic (exact) mass is 372 g/mol. The Hall–Kier alpha value is -2.48. The van der Waals surface area contributed by atoms with Crippen LogP contribution < -0.4 is 5.32 Å². The van der Waals surface area contributed by atoms with Gasteiger partial charge in [0.05, 0.1) is 0 Å². The van der Waals surface area contributed by atoms with Crippen molar-refractivity contribution >= 4 is 35.7 Å². The molecule has 0 spiro atoms. The second kappa shape index (κ2) is 8.27. The second-order valence-electron chi connectivity index (χ2n) is 6.14. The highest BCUT2D eigenvalue weighted by Gasteiger charge is 2.35. The molecule has 0 unspecified atom stereocenters. The Morgan fingerprint density at radius 1 is 1.23 bits per heavy atom. The molecule has 0 radical (unpaired) electrons. The third-order valence-corrected chi connectivity index (χ3v) is 4.95. The summed E-state index contributed by atoms with van der Waals surface area (Å²) in [5.41, 5.74) is 1.72. The fraction of sp³-hybridized carbons (Fsp3) is 0.389. The van der Waals surface area contributed by atoms with Gasteiger partial charge < -0.3 is 0 Å². The average Bonchev–Trinajstić information content (AvgIpc) is 2.66. The molecule has 0 aromatic carbocycles. The van der Waals surface area contributed by atoms with Crippen LogP contribution in [0.5, 0.6) is 0 Å². The van der Waals surface area contributed by atoms with E-state index in [1.807, 2.05) is 6.26 Å². The second-order valence-corrected chi connectivity index (χ2v) is 6.91. The lowest BCUT2D eigenvalue weighted by molar-refractivity contribution is -0.130. The summed E-state index contributed by atoms with van der Waals surface area (Å²) < 4.78 is 0. The van der Waals surface area contributed by atoms with Crippen molar-refractivity contribution in [2.24, 2.45) is 0 Å². The standard InChI is InChI=1S/C18H20N4O3S/c1-26-17-19-10-13(11-20-17)9-14-15(23)21-18(25)22(16(14)24)8-7-12-5-3-2-4-6-12/h5,9-11H,2-4,6-8H2,1H3,(H,21,23,25)/b14-9-. The number of urea groups is 1. The number of nitrogens with one attached hydrogen (secondary N) is 1. The number of aromatic nitrogens is 2. The SMILES string of the molecule is CSc1ncc(/C=C2/C(=O)NC(=O)N(CCC3=CCCCC3)C2=O)cn1. The van der Waals surface area contributed by atoms with Crippen LogP contribution in [0.1, 0.15) is 37.7 Å². The third kappa shape index (κ3) is 4.19. The fourth-order valence-electron chi connectivity index (χ4n) is 2.96. The lowest BCUT2D eigenvalue weighted by atomic mass is 9.97. The fourth-order valence-corrected chi connectivity index (χ4v) is 3.27. The van der Waals surface area contributed by atoms with Crippen LogP contribution in [0, 0.1) is 0 Å². The van der Waals surface area contributed by atoms with Gasteiger partial charge in [0.15, 0.2) is 5.16 Å². The maximum absolute atomic E-state index is 12.7. The predicted octanol–water partition coefficient (Wildman–Crippen LogP) is 2.55. The average molecular weight is 372 g/mol. The highest BCUT2D eigenvalue weighted by Crippen LogP contribution is 2.22. The van der Waals surface area contributed by atoms with E-state index < -0.39 is 17.8 Å². The molecule has 26 heavy (non-hydrogen) atoms. The lowest BCUT2D eigenvalue weighted by Crippen LogP contribution is -2.54. The van der Waals surface area contributed by atoms with E-state index in [0.29, 0.717) is 17.1 Å². The predicted molar refractivity (Wildman–Crippen MR) is 98.2 cm³/mol. The zero-order valence-electron chi connectivity index (χ0n) is 14.5. The van der Waals surface area contributed by atoms with Gasteiger partial charge in [-0.2, -0.15) is 0 Å². The smallest absolute Gasteiger partial charge is 0.273 e. The zero-order chi connectivity index (χ0) is 18.5. The van der Waals surface area contributed by atoms with Gasteiger partial charge in [0.1, 0.15) is 5.57 Å². The van der Waals surface area contributed by atoms with E-state index in [2.05, 4.69) is 21.4 Å². The first kappa shape index (κ1) is 18.3. The van der Waals surface area contributed by atoms with E-state index in [1.54, 1.807) is 12.4 Å². The molecule has 3 rings (SSSR count). The van der Waals surface area contributed by atoms with Gasteiger partial charge in [-0.15, -0.1) is 0 Å². The summed E-state index contributed by atoms with van der Waals surface area (Å²) in [6.45, 7) is 0.267. The largest absolute Gasteiger partial charge is 0.331 e. The van der Waals surface area contributed by atoms with Crippen LogP contribution >= 0.6 is 11.8 Å². The third-order valence-electron chi connectivity index (χ3n) is 4.37. The number of barbiturate groups is 1. The van der Waals surface area contributed by atoms with Gasteiger partial charge in [-0.05, 0) is 44.4 Å². The maximum Gasteiger partial charge on any atom is 0.331 e. The number of imide groups is 2. The zero-order valence-corrected chi connectivity index (χ0v) is 15.3. The minimum absolute atomic E-state index is 0.0808. The molecule has 1 aliphatic heterocycles. The molecular formula is C18H20N4O3S. The van der Waals surface area contributed by atoms with Gasteiger partial charge in [-0.1, -0.05) is 23.4 Å². The summed E-state index contributed by atoms with van der Waals surface area (Å²) in [4.78, 5) is 46.2. The minimum atomic E-state index is -0.693. The summed E-state index contributed by atoms with van der Waals surface area (Å²) in [5, 5.41) is 2.84. The quantitative estimate of drug-likeness (QED) is 0.281. The molecule has 1 saturated heterocycles. The van der Waals surface area contributed by atoms with Crippen LogP contribution in [0.4, 0.5) is 4.79 Å². The normalized spacial score (nSPS) is 19.6. The van der Waals surface area contributed by atoms with Gasteiger partial charge in [-0.3, -0.25) is 19.8 Å². The number of hydrogen-bond acceptors (Lipinski definition) is 6. The van der Waals surface area contributed by atoms with E-state index in [4.69, 9.17) is 0 Å². The lowest BCUT2D eigenvalue weighted by Gasteiger charge is -2.27. The molecule has 0 saturated carbocycles. The maximum atomic E-state index is 12.7. The van der Waals surface area contributed by atoms with Gasteiger partial charge in [0.2, 0.25) is 0 Å². The molecule has 2 heterocycles. The van der Waals surface area contributed by atoms with E-state index in [9.17, 15) is 14.4 Å². The van der Waals surface area contributed by atoms with Crippen LogP contribution in [0.25, 0.3) is 6.08 Å². The van der Waals surface area contributed by atoms with Crippen LogP contribution in [0.2, 0.25) is 0 Å². The van der Waals surface area contributed by atoms with E-state index in [-0.39, 0.29) is 12.1 Å². The molecule has 0 atom stereocenters. The number of thioether (sulfide) groups is 1. The molecule has 2 aliphatic rings. The Kier molecular flexibility index (Phi) is 5.82. The molecular weight excluding hydrogens is 352 g/mol. The summed E-state index contributed by atoms with van der Waals surface area (Å²) in [7, 11) is 0. The van der Waals surface area contributed by atoms with Crippen LogP contribution in [-0.4, -0.2) is 45.5 Å². The highest BCUT2D eigenvalue weighted by atomic mass is 32.2. The van der Waals surface area contributed by atoms with Crippen LogP contribution in [-0.2, 0) is 9.59 Å². The molecule has 7 nitrogen and oxygen atoms in total. The summed E-state index contributed by atoms with van der Waals surface area (Å²) in [6, 6.07) is -0.664. The summed E-state index contributed by atoms with van der Waals surface area (Å²) in [6.07, 6.45) is 13.6. The Labute approximate surface area is 156 Å². The van der Waals surface area contributed by atoms with Crippen molar-refractivity contribution in [3.05, 3.63) is 35.2 Å². The minimum Gasteiger partial charge on any atom is -0.273 e. The van der Waals surface area contributed by atoms with Crippen molar-refractivity contribution in [3.63, 3.8) is 0 Å². The molecule has 1 fully saturated rings. The Balaban J connectivity index is 1.75. The molecule has 1 N–H and O–H groups in total. The van der Waals surface area contributed by atoms with Crippen molar-refractivity contribution in [2.75, 3.05) is 12.8 Å². The van der Waals surface area contributed by atoms with Crippen molar-refractivity contribution in [3.8, 4) is 0 Å². The molecule has 136 valence electrons. The van der Waals surface area contributed by atoms with E-state index in [1.165, 1.54) is 29.8 Å². The van der Waals surface area contributed by atoms with Crippen molar-refractivity contribution in [1.82, 2.24) is 20.2 Å². The molecule has 8 heteroatoms. The number of allylic oxidation sites excluding steroid dienone is 1. The topological polar surface area (TPSA) is 92.3 Å². The van der Waals surface area contributed by atoms with Gasteiger partial charge in [0, 0.05) is 24.5 Å². The van der Waals surface area contributed by atoms with Crippen molar-refractivity contribution in [1.29, 1.82) is 0 Å². The molecule has 1 aliphatic carbocycles. The van der Waals surface area contributed by atoms with Crippen molar-refractivity contribution in [2.45, 2.75) is 37.3 Å². The number of rotatable bonds is 5. The molecule has 1 aromatic rings. The number of amides is 4. The Bertz CT molecular complexity index is 786. The highest BCUT2D eigenvalue weighted by molar-refractivity contribution is 7.98. The first-order valence-corrected chi connectivity index (χ1v) is 9.74. The van der Waals surface area contributed by atoms with E-state index in [0.717, 1.165) is 24.2 Å². The van der Waals surface area contributed by atoms with Crippen LogP contribution in [0.15, 0.2) is 34.8 Å². The van der Waals surface area contributed by atoms with Gasteiger partial charge in [0.25, 0.3) is 11.8 Å². The van der Waals surface area contributed by atoms with Gasteiger partial charge in [-0.25, -0.2) is 14.8 Å². The summed E-state index contributed by atoms with van der Waals surface area (Å²) in [5.74, 6) is -1.27. The van der Waals surface area contributed by atoms with Gasteiger partial charge >= 0.3 is 6.03 Å². The molecule has 1 aromatic heterocycles. The first-order chi connectivity index (χ1) is 12.6. The van der Waals surface area contributed by atoms with Crippen LogP contribution in [0.3, 0.4) is 0 Å². The number of carbonyl (C=O) groups is 3. The molecule has 4 amide bonds. The first-order valence-electron chi connectivity index (χ1n) is 8.51. The van der Waals surface area contributed by atoms with E-state index >= 15 is 0 Å². The number of hydrogen-bond donors (Lipinski definition) is 1. The van der Waals surface area contributed by atoms with Crippen molar-refractivity contribution < 1.29 is 14.4 Å². The Morgan fingerprint density at radius 3 is 2.65 bits per heavy atom. The summed E-state index contributed by atoms with van der Waals surface area (Å²) >= 11 is 1.40. The number of nitrogens with zero attached hydrogens (tertiary/aromatic N) is 3. The number of carbonyl (C=O) groups excluding carboxylic acids is 3.